The molecule has 0 aliphatic carbocycles. The van der Waals surface area contributed by atoms with Crippen molar-refractivity contribution in [1.82, 2.24) is 14.9 Å². The van der Waals surface area contributed by atoms with Crippen LogP contribution in [0.1, 0.15) is 127 Å². The molecule has 1 saturated heterocycles. The first kappa shape index (κ1) is 35.7. The molecule has 0 atom stereocenters. The molecule has 0 spiro atoms. The van der Waals surface area contributed by atoms with Crippen molar-refractivity contribution in [3.05, 3.63) is 39.2 Å². The molecule has 10 nitrogen and oxygen atoms in total. The summed E-state index contributed by atoms with van der Waals surface area (Å²) in [6, 6.07) is 3.60. The summed E-state index contributed by atoms with van der Waals surface area (Å²) in [5, 5.41) is 22.3. The van der Waals surface area contributed by atoms with Gasteiger partial charge in [-0.2, -0.15) is 0 Å². The molecule has 1 aliphatic heterocycles. The molecule has 1 fully saturated rings. The number of hydroxylamine groups is 2. The quantitative estimate of drug-likeness (QED) is 0.0702. The van der Waals surface area contributed by atoms with E-state index in [1.807, 2.05) is 6.07 Å². The van der Waals surface area contributed by atoms with E-state index in [4.69, 9.17) is 0 Å². The van der Waals surface area contributed by atoms with Crippen LogP contribution < -0.4 is 4.90 Å². The van der Waals surface area contributed by atoms with Crippen molar-refractivity contribution in [2.24, 2.45) is 5.92 Å². The summed E-state index contributed by atoms with van der Waals surface area (Å²) in [6.07, 6.45) is 19.9. The topological polar surface area (TPSA) is 115 Å². The molecular formula is C32H56N5O5-. The van der Waals surface area contributed by atoms with Gasteiger partial charge in [0.2, 0.25) is 5.91 Å². The molecule has 0 aromatic carbocycles. The minimum atomic E-state index is -0.718. The van der Waals surface area contributed by atoms with Crippen molar-refractivity contribution in [2.75, 3.05) is 50.8 Å². The van der Waals surface area contributed by atoms with E-state index in [0.29, 0.717) is 16.5 Å². The molecule has 0 bridgehead atoms. The molecule has 0 N–H and O–H groups in total. The molecule has 10 heteroatoms. The Morgan fingerprint density at radius 2 is 1.36 bits per heavy atom. The largest absolute Gasteiger partial charge is 0.756 e. The second-order valence-corrected chi connectivity index (χ2v) is 12.2. The number of aromatic nitrogens is 1. The lowest BCUT2D eigenvalue weighted by atomic mass is 10.0. The Hall–Kier alpha value is -2.46. The normalized spacial score (nSPS) is 14.0. The predicted octanol–water partition coefficient (Wildman–Crippen LogP) is 7.25. The minimum absolute atomic E-state index is 0.220. The number of piperazine rings is 1. The van der Waals surface area contributed by atoms with Gasteiger partial charge in [-0.1, -0.05) is 104 Å². The van der Waals surface area contributed by atoms with E-state index in [-0.39, 0.29) is 13.2 Å². The van der Waals surface area contributed by atoms with Crippen molar-refractivity contribution in [2.45, 2.75) is 117 Å². The zero-order chi connectivity index (χ0) is 30.4. The lowest BCUT2D eigenvalue weighted by molar-refractivity contribution is -0.757. The molecule has 1 aromatic heterocycles. The monoisotopic (exact) mass is 590 g/mol. The molecule has 0 saturated carbocycles. The van der Waals surface area contributed by atoms with Gasteiger partial charge in [0.1, 0.15) is 5.82 Å². The van der Waals surface area contributed by atoms with Crippen LogP contribution in [0.5, 0.6) is 0 Å². The first-order chi connectivity index (χ1) is 20.4. The van der Waals surface area contributed by atoms with Crippen LogP contribution in [0, 0.1) is 21.2 Å². The van der Waals surface area contributed by atoms with E-state index >= 15 is 0 Å². The first-order valence-electron chi connectivity index (χ1n) is 16.6. The van der Waals surface area contributed by atoms with Crippen molar-refractivity contribution >= 4 is 11.7 Å². The molecule has 240 valence electrons. The Morgan fingerprint density at radius 3 is 1.81 bits per heavy atom. The van der Waals surface area contributed by atoms with E-state index < -0.39 is 11.0 Å². The predicted molar refractivity (Wildman–Crippen MR) is 169 cm³/mol. The summed E-state index contributed by atoms with van der Waals surface area (Å²) in [4.78, 5) is 36.1. The number of carbonyl (C=O) groups excluding carboxylic acids is 1. The van der Waals surface area contributed by atoms with E-state index in [9.17, 15) is 20.1 Å². The van der Waals surface area contributed by atoms with Crippen molar-refractivity contribution in [3.8, 4) is 0 Å². The number of carbonyl (C=O) groups is 1. The Kier molecular flexibility index (Phi) is 18.8. The van der Waals surface area contributed by atoms with E-state index in [1.54, 1.807) is 12.3 Å². The molecule has 1 amide bonds. The third-order valence-electron chi connectivity index (χ3n) is 7.99. The molecule has 1 aromatic rings. The number of pyridine rings is 1. The maximum Gasteiger partial charge on any atom is 0.294 e. The summed E-state index contributed by atoms with van der Waals surface area (Å²) < 4.78 is 0. The van der Waals surface area contributed by atoms with Crippen LogP contribution in [-0.2, 0) is 4.84 Å². The van der Waals surface area contributed by atoms with Gasteiger partial charge in [0.25, 0.3) is 5.09 Å². The van der Waals surface area contributed by atoms with E-state index in [2.05, 4.69) is 33.5 Å². The number of hydrogen-bond donors (Lipinski definition) is 0. The third kappa shape index (κ3) is 16.2. The van der Waals surface area contributed by atoms with Crippen LogP contribution in [0.4, 0.5) is 5.82 Å². The molecule has 42 heavy (non-hydrogen) atoms. The molecule has 2 rings (SSSR count). The highest BCUT2D eigenvalue weighted by Crippen LogP contribution is 2.17. The summed E-state index contributed by atoms with van der Waals surface area (Å²) in [6.45, 7) is 9.97. The Morgan fingerprint density at radius 1 is 0.857 bits per heavy atom. The van der Waals surface area contributed by atoms with Gasteiger partial charge in [-0.25, -0.2) is 4.98 Å². The van der Waals surface area contributed by atoms with Crippen LogP contribution in [0.25, 0.3) is 0 Å². The minimum Gasteiger partial charge on any atom is -0.756 e. The Bertz CT molecular complexity index is 846. The van der Waals surface area contributed by atoms with Crippen molar-refractivity contribution in [3.63, 3.8) is 0 Å². The number of amides is 1. The summed E-state index contributed by atoms with van der Waals surface area (Å²) in [7, 11) is 0. The molecule has 2 heterocycles. The lowest BCUT2D eigenvalue weighted by Gasteiger charge is -2.36. The number of rotatable bonds is 24. The van der Waals surface area contributed by atoms with Crippen molar-refractivity contribution in [1.29, 1.82) is 0 Å². The third-order valence-corrected chi connectivity index (χ3v) is 7.99. The zero-order valence-corrected chi connectivity index (χ0v) is 26.4. The summed E-state index contributed by atoms with van der Waals surface area (Å²) in [5.74, 6) is 1.05. The highest BCUT2D eigenvalue weighted by Gasteiger charge is 2.19. The van der Waals surface area contributed by atoms with Gasteiger partial charge in [0, 0.05) is 45.5 Å². The van der Waals surface area contributed by atoms with Crippen molar-refractivity contribution < 1.29 is 14.7 Å². The SMILES string of the molecule is CC(C)CN1CCN(c2ccc(C(=O)N([O-])CCCCCCCCCCCCCCCCCCO[N+](=O)[O-])cn2)CC1. The molecular weight excluding hydrogens is 534 g/mol. The van der Waals surface area contributed by atoms with Crippen LogP contribution in [-0.4, -0.2) is 71.8 Å². The number of hydrogen-bond acceptors (Lipinski definition) is 8. The first-order valence-corrected chi connectivity index (χ1v) is 16.6. The lowest BCUT2D eigenvalue weighted by Crippen LogP contribution is -2.47. The van der Waals surface area contributed by atoms with Gasteiger partial charge in [-0.05, 0) is 30.9 Å². The summed E-state index contributed by atoms with van der Waals surface area (Å²) >= 11 is 0. The average Bonchev–Trinajstić information content (AvgIpc) is 2.98. The molecule has 0 unspecified atom stereocenters. The smallest absolute Gasteiger partial charge is 0.294 e. The fraction of sp³-hybridized carbons (Fsp3) is 0.812. The fourth-order valence-electron chi connectivity index (χ4n) is 5.59. The highest BCUT2D eigenvalue weighted by atomic mass is 16.9. The number of nitrogens with zero attached hydrogens (tertiary/aromatic N) is 5. The fourth-order valence-corrected chi connectivity index (χ4v) is 5.59. The maximum absolute atomic E-state index is 12.5. The van der Waals surface area contributed by atoms with E-state index in [0.717, 1.165) is 77.1 Å². The van der Waals surface area contributed by atoms with Crippen LogP contribution in [0.3, 0.4) is 0 Å². The van der Waals surface area contributed by atoms with Gasteiger partial charge >= 0.3 is 0 Å². The van der Waals surface area contributed by atoms with Gasteiger partial charge < -0.3 is 20.0 Å². The molecule has 1 aliphatic rings. The average molecular weight is 591 g/mol. The Labute approximate surface area is 253 Å². The maximum atomic E-state index is 12.5. The van der Waals surface area contributed by atoms with Gasteiger partial charge in [-0.3, -0.25) is 9.69 Å². The zero-order valence-electron chi connectivity index (χ0n) is 26.4. The number of anilines is 1. The number of unbranched alkanes of at least 4 members (excludes halogenated alkanes) is 15. The standard InChI is InChI=1S/C32H56N5O5/c1-29(2)28-34-22-24-35(25-23-34)31-20-19-30(27-33-31)32(38)36(39)21-17-15-13-11-9-7-5-3-4-6-8-10-12-14-16-18-26-42-37(40)41/h19-20,27,29H,3-18,21-26,28H2,1-2H3/q-1. The van der Waals surface area contributed by atoms with Crippen LogP contribution in [0.2, 0.25) is 0 Å². The molecule has 0 radical (unpaired) electrons. The second kappa shape index (κ2) is 22.1. The van der Waals surface area contributed by atoms with Gasteiger partial charge in [0.05, 0.1) is 12.2 Å². The Balaban J connectivity index is 1.40. The van der Waals surface area contributed by atoms with Crippen LogP contribution >= 0.6 is 0 Å². The van der Waals surface area contributed by atoms with E-state index in [1.165, 1.54) is 64.2 Å². The second-order valence-electron chi connectivity index (χ2n) is 12.2. The van der Waals surface area contributed by atoms with Gasteiger partial charge in [-0.15, -0.1) is 10.1 Å². The highest BCUT2D eigenvalue weighted by molar-refractivity contribution is 5.94. The summed E-state index contributed by atoms with van der Waals surface area (Å²) in [5.41, 5.74) is 0.366. The van der Waals surface area contributed by atoms with Crippen LogP contribution in [0.15, 0.2) is 18.3 Å². The van der Waals surface area contributed by atoms with Gasteiger partial charge in [0.15, 0.2) is 0 Å².